The second-order valence-electron chi connectivity index (χ2n) is 6.65. The molecule has 3 rings (SSSR count). The lowest BCUT2D eigenvalue weighted by Gasteiger charge is -2.42. The molecule has 0 spiro atoms. The number of carbonyl (C=O) groups is 1. The van der Waals surface area contributed by atoms with Crippen LogP contribution in [0.2, 0.25) is 5.02 Å². The minimum atomic E-state index is -0.594. The fourth-order valence-corrected chi connectivity index (χ4v) is 3.88. The Morgan fingerprint density at radius 2 is 2.08 bits per heavy atom. The third-order valence-electron chi connectivity index (χ3n) is 5.22. The first-order valence-electron chi connectivity index (χ1n) is 8.96. The van der Waals surface area contributed by atoms with E-state index in [-0.39, 0.29) is 6.09 Å². The summed E-state index contributed by atoms with van der Waals surface area (Å²) < 4.78 is 6.97. The molecule has 0 radical (unpaired) electrons. The summed E-state index contributed by atoms with van der Waals surface area (Å²) in [5, 5.41) is 13.1. The molecule has 0 atom stereocenters. The lowest BCUT2D eigenvalue weighted by Crippen LogP contribution is -2.50. The highest BCUT2D eigenvalue weighted by molar-refractivity contribution is 6.31. The van der Waals surface area contributed by atoms with Gasteiger partial charge in [0, 0.05) is 12.1 Å². The Morgan fingerprint density at radius 1 is 1.35 bits per heavy atom. The van der Waals surface area contributed by atoms with E-state index in [1.165, 1.54) is 0 Å². The van der Waals surface area contributed by atoms with Gasteiger partial charge in [0.05, 0.1) is 12.3 Å². The molecule has 0 aliphatic heterocycles. The van der Waals surface area contributed by atoms with Crippen LogP contribution in [0.15, 0.2) is 18.2 Å². The molecule has 0 bridgehead atoms. The zero-order valence-corrected chi connectivity index (χ0v) is 16.2. The molecule has 0 saturated heterocycles. The van der Waals surface area contributed by atoms with Crippen LogP contribution in [0.4, 0.5) is 4.79 Å². The van der Waals surface area contributed by atoms with Gasteiger partial charge in [-0.05, 0) is 54.8 Å². The standard InChI is InChI=1S/C18H24ClN5O2/c1-4-26-17(25)23(3)18(11-6-5-7-12-18)16-20-21-22-24(16)15-10-8-9-14(19)13(15)2/h8-10H,4-7,11-12H2,1-3H3. The highest BCUT2D eigenvalue weighted by Crippen LogP contribution is 2.41. The van der Waals surface area contributed by atoms with Gasteiger partial charge in [-0.15, -0.1) is 5.10 Å². The predicted octanol–water partition coefficient (Wildman–Crippen LogP) is 3.87. The lowest BCUT2D eigenvalue weighted by molar-refractivity contribution is 0.0390. The highest BCUT2D eigenvalue weighted by atomic mass is 35.5. The summed E-state index contributed by atoms with van der Waals surface area (Å²) in [4.78, 5) is 14.2. The lowest BCUT2D eigenvalue weighted by atomic mass is 9.79. The van der Waals surface area contributed by atoms with Gasteiger partial charge in [-0.25, -0.2) is 4.79 Å². The van der Waals surface area contributed by atoms with Crippen LogP contribution in [-0.4, -0.2) is 44.9 Å². The van der Waals surface area contributed by atoms with Crippen molar-refractivity contribution in [3.05, 3.63) is 34.6 Å². The topological polar surface area (TPSA) is 73.1 Å². The Kier molecular flexibility index (Phi) is 5.46. The monoisotopic (exact) mass is 377 g/mol. The molecule has 26 heavy (non-hydrogen) atoms. The van der Waals surface area contributed by atoms with Crippen LogP contribution in [0.3, 0.4) is 0 Å². The zero-order chi connectivity index (χ0) is 18.7. The Labute approximate surface area is 158 Å². The van der Waals surface area contributed by atoms with Crippen molar-refractivity contribution in [2.75, 3.05) is 13.7 Å². The number of rotatable bonds is 4. The second-order valence-corrected chi connectivity index (χ2v) is 7.06. The van der Waals surface area contributed by atoms with Crippen molar-refractivity contribution in [2.24, 2.45) is 0 Å². The zero-order valence-electron chi connectivity index (χ0n) is 15.4. The van der Waals surface area contributed by atoms with Gasteiger partial charge in [0.1, 0.15) is 5.54 Å². The van der Waals surface area contributed by atoms with E-state index in [1.807, 2.05) is 25.1 Å². The number of hydrogen-bond acceptors (Lipinski definition) is 5. The van der Waals surface area contributed by atoms with E-state index in [0.717, 1.165) is 43.4 Å². The van der Waals surface area contributed by atoms with Gasteiger partial charge in [-0.2, -0.15) is 4.68 Å². The molecule has 8 heteroatoms. The van der Waals surface area contributed by atoms with Crippen LogP contribution in [0, 0.1) is 6.92 Å². The molecule has 1 aliphatic carbocycles. The quantitative estimate of drug-likeness (QED) is 0.808. The van der Waals surface area contributed by atoms with Crippen LogP contribution < -0.4 is 0 Å². The molecule has 1 aliphatic rings. The van der Waals surface area contributed by atoms with Crippen molar-refractivity contribution in [2.45, 2.75) is 51.5 Å². The van der Waals surface area contributed by atoms with E-state index in [0.29, 0.717) is 17.5 Å². The first-order chi connectivity index (χ1) is 12.5. The summed E-state index contributed by atoms with van der Waals surface area (Å²) in [6.45, 7) is 4.07. The summed E-state index contributed by atoms with van der Waals surface area (Å²) >= 11 is 6.29. The summed E-state index contributed by atoms with van der Waals surface area (Å²) in [5.41, 5.74) is 1.12. The van der Waals surface area contributed by atoms with Crippen LogP contribution in [0.25, 0.3) is 5.69 Å². The summed E-state index contributed by atoms with van der Waals surface area (Å²) in [5.74, 6) is 0.651. The summed E-state index contributed by atoms with van der Waals surface area (Å²) in [6, 6.07) is 5.65. The minimum absolute atomic E-state index is 0.331. The van der Waals surface area contributed by atoms with Gasteiger partial charge in [0.15, 0.2) is 5.82 Å². The van der Waals surface area contributed by atoms with Crippen LogP contribution >= 0.6 is 11.6 Å². The maximum atomic E-state index is 12.5. The Morgan fingerprint density at radius 3 is 2.77 bits per heavy atom. The first kappa shape index (κ1) is 18.6. The molecule has 140 valence electrons. The van der Waals surface area contributed by atoms with Gasteiger partial charge >= 0.3 is 6.09 Å². The van der Waals surface area contributed by atoms with E-state index < -0.39 is 5.54 Å². The minimum Gasteiger partial charge on any atom is -0.450 e. The number of carbonyl (C=O) groups excluding carboxylic acids is 1. The maximum Gasteiger partial charge on any atom is 0.410 e. The molecular formula is C18H24ClN5O2. The fourth-order valence-electron chi connectivity index (χ4n) is 3.71. The number of halogens is 1. The number of hydrogen-bond donors (Lipinski definition) is 0. The summed E-state index contributed by atoms with van der Waals surface area (Å²) in [7, 11) is 1.77. The maximum absolute atomic E-state index is 12.5. The third-order valence-corrected chi connectivity index (χ3v) is 5.63. The average molecular weight is 378 g/mol. The molecule has 2 aromatic rings. The van der Waals surface area contributed by atoms with E-state index in [9.17, 15) is 4.79 Å². The van der Waals surface area contributed by atoms with Crippen LogP contribution in [-0.2, 0) is 10.3 Å². The largest absolute Gasteiger partial charge is 0.450 e. The van der Waals surface area contributed by atoms with Crippen molar-refractivity contribution in [3.63, 3.8) is 0 Å². The molecule has 1 amide bonds. The molecule has 7 nitrogen and oxygen atoms in total. The van der Waals surface area contributed by atoms with Crippen LogP contribution in [0.5, 0.6) is 0 Å². The number of amides is 1. The summed E-state index contributed by atoms with van der Waals surface area (Å²) in [6.07, 6.45) is 4.38. The molecule has 1 heterocycles. The van der Waals surface area contributed by atoms with E-state index >= 15 is 0 Å². The van der Waals surface area contributed by atoms with Gasteiger partial charge in [-0.1, -0.05) is 36.9 Å². The molecule has 0 unspecified atom stereocenters. The van der Waals surface area contributed by atoms with Crippen molar-refractivity contribution >= 4 is 17.7 Å². The van der Waals surface area contributed by atoms with Gasteiger partial charge in [0.2, 0.25) is 0 Å². The van der Waals surface area contributed by atoms with Gasteiger partial charge in [-0.3, -0.25) is 4.90 Å². The van der Waals surface area contributed by atoms with Crippen molar-refractivity contribution in [1.29, 1.82) is 0 Å². The van der Waals surface area contributed by atoms with Crippen molar-refractivity contribution in [1.82, 2.24) is 25.1 Å². The molecule has 1 fully saturated rings. The molecular weight excluding hydrogens is 354 g/mol. The number of nitrogens with zero attached hydrogens (tertiary/aromatic N) is 5. The second kappa shape index (κ2) is 7.61. The number of tetrazole rings is 1. The fraction of sp³-hybridized carbons (Fsp3) is 0.556. The normalized spacial score (nSPS) is 16.3. The van der Waals surface area contributed by atoms with Gasteiger partial charge in [0.25, 0.3) is 0 Å². The number of aromatic nitrogens is 4. The molecule has 1 aromatic heterocycles. The molecule has 0 N–H and O–H groups in total. The molecule has 1 aromatic carbocycles. The van der Waals surface area contributed by atoms with Crippen molar-refractivity contribution < 1.29 is 9.53 Å². The highest BCUT2D eigenvalue weighted by Gasteiger charge is 2.45. The van der Waals surface area contributed by atoms with E-state index in [2.05, 4.69) is 15.5 Å². The SMILES string of the molecule is CCOC(=O)N(C)C1(c2nnnn2-c2cccc(Cl)c2C)CCCCC1. The predicted molar refractivity (Wildman–Crippen MR) is 98.4 cm³/mol. The Hall–Kier alpha value is -2.15. The third kappa shape index (κ3) is 3.16. The molecule has 1 saturated carbocycles. The van der Waals surface area contributed by atoms with Crippen molar-refractivity contribution in [3.8, 4) is 5.69 Å². The van der Waals surface area contributed by atoms with E-state index in [4.69, 9.17) is 16.3 Å². The Bertz CT molecular complexity index is 786. The van der Waals surface area contributed by atoms with Crippen LogP contribution in [0.1, 0.15) is 50.4 Å². The first-order valence-corrected chi connectivity index (χ1v) is 9.34. The average Bonchev–Trinajstić information content (AvgIpc) is 3.14. The van der Waals surface area contributed by atoms with Gasteiger partial charge < -0.3 is 4.74 Å². The smallest absolute Gasteiger partial charge is 0.410 e. The number of ether oxygens (including phenoxy) is 1. The Balaban J connectivity index is 2.11. The number of benzene rings is 1. The van der Waals surface area contributed by atoms with E-state index in [1.54, 1.807) is 23.6 Å².